The second-order valence-corrected chi connectivity index (χ2v) is 4.28. The number of hydrogen-bond acceptors (Lipinski definition) is 6. The summed E-state index contributed by atoms with van der Waals surface area (Å²) < 4.78 is 6.48. The molecular formula is C11H13N3O5. The third kappa shape index (κ3) is 2.44. The minimum absolute atomic E-state index is 0.0338. The van der Waals surface area contributed by atoms with Gasteiger partial charge in [-0.1, -0.05) is 0 Å². The van der Waals surface area contributed by atoms with Gasteiger partial charge < -0.3 is 14.9 Å². The van der Waals surface area contributed by atoms with Crippen molar-refractivity contribution in [2.24, 2.45) is 5.92 Å². The molecule has 0 radical (unpaired) electrons. The molecule has 8 nitrogen and oxygen atoms in total. The Kier molecular flexibility index (Phi) is 3.80. The molecule has 8 heteroatoms. The van der Waals surface area contributed by atoms with Crippen LogP contribution in [0.5, 0.6) is 0 Å². The first kappa shape index (κ1) is 13.5. The molecule has 1 saturated heterocycles. The highest BCUT2D eigenvalue weighted by molar-refractivity contribution is 4.95. The number of H-pyrrole nitrogens is 1. The van der Waals surface area contributed by atoms with Gasteiger partial charge in [0.1, 0.15) is 12.3 Å². The minimum atomic E-state index is -1.05. The van der Waals surface area contributed by atoms with Crippen molar-refractivity contribution in [3.8, 4) is 6.07 Å². The van der Waals surface area contributed by atoms with E-state index in [1.165, 1.54) is 6.20 Å². The molecule has 0 saturated carbocycles. The summed E-state index contributed by atoms with van der Waals surface area (Å²) in [5.74, 6) is -0.647. The Morgan fingerprint density at radius 3 is 2.84 bits per heavy atom. The molecule has 19 heavy (non-hydrogen) atoms. The van der Waals surface area contributed by atoms with Crippen LogP contribution in [-0.2, 0) is 4.74 Å². The lowest BCUT2D eigenvalue weighted by atomic mass is 9.97. The van der Waals surface area contributed by atoms with Crippen molar-refractivity contribution in [3.63, 3.8) is 0 Å². The quantitative estimate of drug-likeness (QED) is 0.600. The maximum absolute atomic E-state index is 11.7. The average molecular weight is 267 g/mol. The number of aliphatic hydroxyl groups excluding tert-OH is 2. The molecule has 0 amide bonds. The molecule has 0 spiro atoms. The van der Waals surface area contributed by atoms with E-state index < -0.39 is 42.2 Å². The van der Waals surface area contributed by atoms with Gasteiger partial charge in [0.15, 0.2) is 0 Å². The van der Waals surface area contributed by atoms with Crippen molar-refractivity contribution in [2.75, 3.05) is 6.61 Å². The third-order valence-electron chi connectivity index (χ3n) is 3.13. The van der Waals surface area contributed by atoms with Crippen LogP contribution in [0.15, 0.2) is 21.9 Å². The lowest BCUT2D eigenvalue weighted by Crippen LogP contribution is -2.34. The van der Waals surface area contributed by atoms with Gasteiger partial charge >= 0.3 is 5.69 Å². The molecule has 1 aliphatic heterocycles. The number of aromatic nitrogens is 2. The normalized spacial score (nSPS) is 30.2. The minimum Gasteiger partial charge on any atom is -0.394 e. The second kappa shape index (κ2) is 5.36. The fourth-order valence-corrected chi connectivity index (χ4v) is 2.18. The largest absolute Gasteiger partial charge is 0.394 e. The number of nitriles is 1. The van der Waals surface area contributed by atoms with Crippen LogP contribution in [0.3, 0.4) is 0 Å². The Hall–Kier alpha value is -1.95. The average Bonchev–Trinajstić information content (AvgIpc) is 2.68. The summed E-state index contributed by atoms with van der Waals surface area (Å²) in [5.41, 5.74) is -1.23. The van der Waals surface area contributed by atoms with Crippen molar-refractivity contribution in [3.05, 3.63) is 33.1 Å². The van der Waals surface area contributed by atoms with Gasteiger partial charge in [-0.3, -0.25) is 14.3 Å². The molecule has 3 N–H and O–H groups in total. The summed E-state index contributed by atoms with van der Waals surface area (Å²) >= 11 is 0. The lowest BCUT2D eigenvalue weighted by molar-refractivity contribution is -0.0480. The summed E-state index contributed by atoms with van der Waals surface area (Å²) in [7, 11) is 0. The number of ether oxygens (including phenoxy) is 1. The van der Waals surface area contributed by atoms with Crippen LogP contribution in [0.1, 0.15) is 12.6 Å². The molecule has 102 valence electrons. The zero-order chi connectivity index (χ0) is 14.0. The summed E-state index contributed by atoms with van der Waals surface area (Å²) in [6.45, 7) is -0.419. The van der Waals surface area contributed by atoms with Gasteiger partial charge in [0.25, 0.3) is 5.56 Å². The molecular weight excluding hydrogens is 254 g/mol. The van der Waals surface area contributed by atoms with Gasteiger partial charge in [-0.2, -0.15) is 5.26 Å². The van der Waals surface area contributed by atoms with Gasteiger partial charge in [-0.05, 0) is 0 Å². The topological polar surface area (TPSA) is 128 Å². The molecule has 2 rings (SSSR count). The van der Waals surface area contributed by atoms with E-state index in [4.69, 9.17) is 15.1 Å². The van der Waals surface area contributed by atoms with Crippen molar-refractivity contribution in [2.45, 2.75) is 24.9 Å². The van der Waals surface area contributed by atoms with Gasteiger partial charge in [0, 0.05) is 24.6 Å². The number of aliphatic hydroxyl groups is 2. The van der Waals surface area contributed by atoms with Crippen LogP contribution in [-0.4, -0.2) is 38.6 Å². The Labute approximate surface area is 107 Å². The van der Waals surface area contributed by atoms with Crippen LogP contribution in [0.25, 0.3) is 0 Å². The van der Waals surface area contributed by atoms with E-state index in [0.29, 0.717) is 0 Å². The van der Waals surface area contributed by atoms with Crippen molar-refractivity contribution < 1.29 is 14.9 Å². The first-order chi connectivity index (χ1) is 9.08. The summed E-state index contributed by atoms with van der Waals surface area (Å²) in [4.78, 5) is 24.7. The van der Waals surface area contributed by atoms with Gasteiger partial charge in [-0.25, -0.2) is 4.79 Å². The standard InChI is InChI=1S/C11H13N3O5/c12-3-1-6-9(17)7(5-15)19-10(6)14-4-2-8(16)13-11(14)18/h2,4,6-7,9-10,15,17H,1,5H2,(H,13,16,18)/t6?,7-,9+,10-/m1/s1. The molecule has 0 bridgehead atoms. The van der Waals surface area contributed by atoms with Gasteiger partial charge in [0.2, 0.25) is 0 Å². The van der Waals surface area contributed by atoms with E-state index >= 15 is 0 Å². The molecule has 1 unspecified atom stereocenters. The van der Waals surface area contributed by atoms with Crippen LogP contribution in [0.2, 0.25) is 0 Å². The second-order valence-electron chi connectivity index (χ2n) is 4.28. The fourth-order valence-electron chi connectivity index (χ4n) is 2.18. The van der Waals surface area contributed by atoms with E-state index in [-0.39, 0.29) is 6.42 Å². The molecule has 0 aromatic carbocycles. The van der Waals surface area contributed by atoms with Crippen LogP contribution in [0.4, 0.5) is 0 Å². The molecule has 0 aliphatic carbocycles. The van der Waals surface area contributed by atoms with Crippen molar-refractivity contribution in [1.29, 1.82) is 5.26 Å². The smallest absolute Gasteiger partial charge is 0.330 e. The predicted octanol–water partition coefficient (Wildman–Crippen LogP) is -1.68. The highest BCUT2D eigenvalue weighted by Crippen LogP contribution is 2.35. The van der Waals surface area contributed by atoms with E-state index in [1.54, 1.807) is 0 Å². The van der Waals surface area contributed by atoms with Crippen LogP contribution >= 0.6 is 0 Å². The lowest BCUT2D eigenvalue weighted by Gasteiger charge is -2.19. The molecule has 1 fully saturated rings. The fraction of sp³-hybridized carbons (Fsp3) is 0.545. The molecule has 4 atom stereocenters. The third-order valence-corrected chi connectivity index (χ3v) is 3.13. The van der Waals surface area contributed by atoms with E-state index in [1.807, 2.05) is 6.07 Å². The van der Waals surface area contributed by atoms with Gasteiger partial charge in [0.05, 0.1) is 18.8 Å². The summed E-state index contributed by atoms with van der Waals surface area (Å²) in [6, 6.07) is 3.05. The number of rotatable bonds is 3. The Morgan fingerprint density at radius 1 is 1.53 bits per heavy atom. The zero-order valence-corrected chi connectivity index (χ0v) is 9.89. The molecule has 2 heterocycles. The Morgan fingerprint density at radius 2 is 2.26 bits per heavy atom. The molecule has 1 aliphatic rings. The highest BCUT2D eigenvalue weighted by atomic mass is 16.5. The summed E-state index contributed by atoms with van der Waals surface area (Å²) in [5, 5.41) is 27.8. The van der Waals surface area contributed by atoms with Crippen LogP contribution in [0, 0.1) is 17.2 Å². The van der Waals surface area contributed by atoms with E-state index in [0.717, 1.165) is 10.6 Å². The molecule has 1 aromatic rings. The summed E-state index contributed by atoms with van der Waals surface area (Å²) in [6.07, 6.45) is -1.59. The maximum Gasteiger partial charge on any atom is 0.330 e. The SMILES string of the molecule is N#CCC1[C@H](n2ccc(=O)[nH]c2=O)O[C@H](CO)[C@H]1O. The zero-order valence-electron chi connectivity index (χ0n) is 9.89. The number of aromatic amines is 1. The number of hydrogen-bond donors (Lipinski definition) is 3. The highest BCUT2D eigenvalue weighted by Gasteiger charge is 2.44. The van der Waals surface area contributed by atoms with E-state index in [2.05, 4.69) is 4.98 Å². The van der Waals surface area contributed by atoms with Crippen molar-refractivity contribution >= 4 is 0 Å². The first-order valence-electron chi connectivity index (χ1n) is 5.71. The van der Waals surface area contributed by atoms with E-state index in [9.17, 15) is 14.7 Å². The number of nitrogens with zero attached hydrogens (tertiary/aromatic N) is 2. The number of nitrogens with one attached hydrogen (secondary N) is 1. The van der Waals surface area contributed by atoms with Crippen LogP contribution < -0.4 is 11.2 Å². The predicted molar refractivity (Wildman–Crippen MR) is 62.0 cm³/mol. The first-order valence-corrected chi connectivity index (χ1v) is 5.71. The van der Waals surface area contributed by atoms with Gasteiger partial charge in [-0.15, -0.1) is 0 Å². The Bertz CT molecular complexity index is 601. The maximum atomic E-state index is 11.7. The van der Waals surface area contributed by atoms with Crippen molar-refractivity contribution in [1.82, 2.24) is 9.55 Å². The Balaban J connectivity index is 2.39. The monoisotopic (exact) mass is 267 g/mol. The molecule has 1 aromatic heterocycles.